The third-order valence-electron chi connectivity index (χ3n) is 2.49. The maximum atomic E-state index is 6.23. The van der Waals surface area contributed by atoms with Crippen LogP contribution in [-0.2, 0) is 6.42 Å². The minimum absolute atomic E-state index is 0.315. The average Bonchev–Trinajstić information content (AvgIpc) is 2.90. The third-order valence-corrected chi connectivity index (χ3v) is 2.83. The zero-order valence-electron chi connectivity index (χ0n) is 7.62. The minimum atomic E-state index is 0.315. The van der Waals surface area contributed by atoms with Crippen LogP contribution in [0.3, 0.4) is 0 Å². The van der Waals surface area contributed by atoms with E-state index in [0.29, 0.717) is 5.38 Å². The lowest BCUT2D eigenvalue weighted by atomic mass is 10.1. The summed E-state index contributed by atoms with van der Waals surface area (Å²) in [5.74, 6) is 0.921. The summed E-state index contributed by atoms with van der Waals surface area (Å²) in [6, 6.07) is 4.09. The predicted octanol–water partition coefficient (Wildman–Crippen LogP) is 3.03. The van der Waals surface area contributed by atoms with Crippen molar-refractivity contribution in [3.63, 3.8) is 0 Å². The van der Waals surface area contributed by atoms with Gasteiger partial charge < -0.3 is 0 Å². The molecule has 0 aromatic carbocycles. The first kappa shape index (κ1) is 9.01. The number of hydrogen-bond acceptors (Lipinski definition) is 1. The largest absolute Gasteiger partial charge is 0.265 e. The van der Waals surface area contributed by atoms with Gasteiger partial charge >= 0.3 is 0 Å². The van der Waals surface area contributed by atoms with Gasteiger partial charge in [0, 0.05) is 17.8 Å². The molecule has 0 bridgehead atoms. The first-order valence-electron chi connectivity index (χ1n) is 4.87. The highest BCUT2D eigenvalue weighted by molar-refractivity contribution is 6.20. The SMILES string of the molecule is ClC(Cc1ccncc1)CC1CC1. The van der Waals surface area contributed by atoms with E-state index in [1.54, 1.807) is 0 Å². The molecule has 2 rings (SSSR count). The molecule has 1 heterocycles. The molecule has 70 valence electrons. The summed E-state index contributed by atoms with van der Waals surface area (Å²) in [4.78, 5) is 3.98. The number of rotatable bonds is 4. The Balaban J connectivity index is 1.82. The standard InChI is InChI=1S/C11H14ClN/c12-11(7-9-1-2-9)8-10-3-5-13-6-4-10/h3-6,9,11H,1-2,7-8H2. The van der Waals surface area contributed by atoms with Gasteiger partial charge in [-0.3, -0.25) is 4.98 Å². The van der Waals surface area contributed by atoms with Crippen molar-refractivity contribution in [2.45, 2.75) is 31.1 Å². The molecule has 0 amide bonds. The van der Waals surface area contributed by atoms with Crippen LogP contribution in [0.1, 0.15) is 24.8 Å². The second kappa shape index (κ2) is 4.10. The molecule has 1 aliphatic rings. The lowest BCUT2D eigenvalue weighted by Gasteiger charge is -2.07. The van der Waals surface area contributed by atoms with E-state index in [0.717, 1.165) is 12.3 Å². The Morgan fingerprint density at radius 1 is 1.38 bits per heavy atom. The normalized spacial score (nSPS) is 18.5. The molecule has 1 atom stereocenters. The number of alkyl halides is 1. The molecule has 0 saturated heterocycles. The van der Waals surface area contributed by atoms with Gasteiger partial charge in [-0.1, -0.05) is 12.8 Å². The summed E-state index contributed by atoms with van der Waals surface area (Å²) < 4.78 is 0. The van der Waals surface area contributed by atoms with Crippen LogP contribution in [0.4, 0.5) is 0 Å². The number of hydrogen-bond donors (Lipinski definition) is 0. The molecule has 1 nitrogen and oxygen atoms in total. The molecule has 0 spiro atoms. The molecule has 1 aromatic rings. The predicted molar refractivity (Wildman–Crippen MR) is 54.9 cm³/mol. The van der Waals surface area contributed by atoms with E-state index < -0.39 is 0 Å². The number of aromatic nitrogens is 1. The summed E-state index contributed by atoms with van der Waals surface area (Å²) in [5, 5.41) is 0.315. The van der Waals surface area contributed by atoms with Gasteiger partial charge in [0.05, 0.1) is 0 Å². The molecule has 0 aliphatic heterocycles. The van der Waals surface area contributed by atoms with Gasteiger partial charge in [0.25, 0.3) is 0 Å². The van der Waals surface area contributed by atoms with E-state index in [-0.39, 0.29) is 0 Å². The van der Waals surface area contributed by atoms with Crippen LogP contribution in [0.25, 0.3) is 0 Å². The van der Waals surface area contributed by atoms with Crippen molar-refractivity contribution in [3.8, 4) is 0 Å². The van der Waals surface area contributed by atoms with Crippen LogP contribution >= 0.6 is 11.6 Å². The van der Waals surface area contributed by atoms with Gasteiger partial charge in [0.2, 0.25) is 0 Å². The summed E-state index contributed by atoms with van der Waals surface area (Å²) in [6.45, 7) is 0. The smallest absolute Gasteiger partial charge is 0.0379 e. The van der Waals surface area contributed by atoms with Gasteiger partial charge in [-0.15, -0.1) is 11.6 Å². The number of nitrogens with zero attached hydrogens (tertiary/aromatic N) is 1. The van der Waals surface area contributed by atoms with Crippen LogP contribution in [0.15, 0.2) is 24.5 Å². The molecule has 2 heteroatoms. The number of halogens is 1. The molecule has 13 heavy (non-hydrogen) atoms. The van der Waals surface area contributed by atoms with Crippen LogP contribution < -0.4 is 0 Å². The van der Waals surface area contributed by atoms with Crippen molar-refractivity contribution in [3.05, 3.63) is 30.1 Å². The zero-order valence-corrected chi connectivity index (χ0v) is 8.37. The summed E-state index contributed by atoms with van der Waals surface area (Å²) in [7, 11) is 0. The molecule has 0 N–H and O–H groups in total. The molecular formula is C11H14ClN. The van der Waals surface area contributed by atoms with Crippen molar-refractivity contribution in [2.24, 2.45) is 5.92 Å². The number of pyridine rings is 1. The quantitative estimate of drug-likeness (QED) is 0.674. The van der Waals surface area contributed by atoms with E-state index in [4.69, 9.17) is 11.6 Å². The van der Waals surface area contributed by atoms with Crippen LogP contribution in [0.2, 0.25) is 0 Å². The Morgan fingerprint density at radius 2 is 2.08 bits per heavy atom. The van der Waals surface area contributed by atoms with Crippen molar-refractivity contribution in [1.29, 1.82) is 0 Å². The molecule has 0 radical (unpaired) electrons. The second-order valence-electron chi connectivity index (χ2n) is 3.84. The molecular weight excluding hydrogens is 182 g/mol. The highest BCUT2D eigenvalue weighted by Gasteiger charge is 2.24. The molecule has 1 aliphatic carbocycles. The van der Waals surface area contributed by atoms with Gasteiger partial charge in [-0.05, 0) is 36.5 Å². The van der Waals surface area contributed by atoms with E-state index in [1.807, 2.05) is 24.5 Å². The van der Waals surface area contributed by atoms with Gasteiger partial charge in [-0.25, -0.2) is 0 Å². The van der Waals surface area contributed by atoms with Gasteiger partial charge in [0.1, 0.15) is 0 Å². The molecule has 1 aromatic heterocycles. The Hall–Kier alpha value is -0.560. The Morgan fingerprint density at radius 3 is 2.69 bits per heavy atom. The topological polar surface area (TPSA) is 12.9 Å². The first-order valence-corrected chi connectivity index (χ1v) is 5.31. The van der Waals surface area contributed by atoms with E-state index in [2.05, 4.69) is 4.98 Å². The van der Waals surface area contributed by atoms with Gasteiger partial charge in [0.15, 0.2) is 0 Å². The van der Waals surface area contributed by atoms with Crippen LogP contribution in [-0.4, -0.2) is 10.4 Å². The van der Waals surface area contributed by atoms with E-state index in [9.17, 15) is 0 Å². The Labute approximate surface area is 84.1 Å². The Kier molecular flexibility index (Phi) is 2.84. The summed E-state index contributed by atoms with van der Waals surface area (Å²) in [6.07, 6.45) is 8.61. The Bertz CT molecular complexity index is 256. The maximum Gasteiger partial charge on any atom is 0.0379 e. The van der Waals surface area contributed by atoms with Crippen molar-refractivity contribution < 1.29 is 0 Å². The fourth-order valence-electron chi connectivity index (χ4n) is 1.57. The molecule has 1 unspecified atom stereocenters. The summed E-state index contributed by atoms with van der Waals surface area (Å²) >= 11 is 6.23. The molecule has 1 fully saturated rings. The zero-order chi connectivity index (χ0) is 9.10. The maximum absolute atomic E-state index is 6.23. The lowest BCUT2D eigenvalue weighted by Crippen LogP contribution is -2.04. The van der Waals surface area contributed by atoms with Crippen molar-refractivity contribution in [1.82, 2.24) is 4.98 Å². The van der Waals surface area contributed by atoms with E-state index in [1.165, 1.54) is 24.8 Å². The third kappa shape index (κ3) is 3.00. The summed E-state index contributed by atoms with van der Waals surface area (Å²) in [5.41, 5.74) is 1.30. The first-order chi connectivity index (χ1) is 6.34. The fourth-order valence-corrected chi connectivity index (χ4v) is 2.00. The van der Waals surface area contributed by atoms with Crippen LogP contribution in [0, 0.1) is 5.92 Å². The minimum Gasteiger partial charge on any atom is -0.265 e. The van der Waals surface area contributed by atoms with Crippen LogP contribution in [0.5, 0.6) is 0 Å². The lowest BCUT2D eigenvalue weighted by molar-refractivity contribution is 0.674. The average molecular weight is 196 g/mol. The second-order valence-corrected chi connectivity index (χ2v) is 4.45. The van der Waals surface area contributed by atoms with E-state index >= 15 is 0 Å². The highest BCUT2D eigenvalue weighted by atomic mass is 35.5. The van der Waals surface area contributed by atoms with Crippen molar-refractivity contribution in [2.75, 3.05) is 0 Å². The van der Waals surface area contributed by atoms with Gasteiger partial charge in [-0.2, -0.15) is 0 Å². The monoisotopic (exact) mass is 195 g/mol. The fraction of sp³-hybridized carbons (Fsp3) is 0.545. The molecule has 1 saturated carbocycles. The van der Waals surface area contributed by atoms with Crippen molar-refractivity contribution >= 4 is 11.6 Å². The highest BCUT2D eigenvalue weighted by Crippen LogP contribution is 2.35.